The van der Waals surface area contributed by atoms with Gasteiger partial charge >= 0.3 is 0 Å². The largest absolute Gasteiger partial charge is 0.320 e. The Labute approximate surface area is 184 Å². The first-order valence-electron chi connectivity index (χ1n) is 10.1. The van der Waals surface area contributed by atoms with Gasteiger partial charge in [0.05, 0.1) is 17.1 Å². The van der Waals surface area contributed by atoms with Crippen LogP contribution >= 0.6 is 0 Å². The van der Waals surface area contributed by atoms with Crippen molar-refractivity contribution in [1.82, 2.24) is 30.0 Å². The van der Waals surface area contributed by atoms with Crippen molar-refractivity contribution >= 4 is 11.6 Å². The quantitative estimate of drug-likeness (QED) is 0.462. The lowest BCUT2D eigenvalue weighted by molar-refractivity contribution is 0.101. The summed E-state index contributed by atoms with van der Waals surface area (Å²) in [6.45, 7) is 1.91. The van der Waals surface area contributed by atoms with Crippen LogP contribution in [-0.2, 0) is 0 Å². The fourth-order valence-electron chi connectivity index (χ4n) is 3.52. The van der Waals surface area contributed by atoms with Gasteiger partial charge in [-0.3, -0.25) is 4.79 Å². The van der Waals surface area contributed by atoms with Crippen molar-refractivity contribution in [1.29, 1.82) is 0 Å². The number of anilines is 1. The molecule has 1 amide bonds. The zero-order chi connectivity index (χ0) is 21.9. The van der Waals surface area contributed by atoms with Crippen molar-refractivity contribution in [3.63, 3.8) is 0 Å². The third-order valence-corrected chi connectivity index (χ3v) is 5.16. The molecule has 0 saturated heterocycles. The minimum Gasteiger partial charge on any atom is -0.320 e. The van der Waals surface area contributed by atoms with E-state index in [0.29, 0.717) is 11.4 Å². The van der Waals surface area contributed by atoms with E-state index >= 15 is 0 Å². The molecule has 0 spiro atoms. The molecule has 0 radical (unpaired) electrons. The number of benzene rings is 3. The highest BCUT2D eigenvalue weighted by atomic mass is 16.2. The number of para-hydroxylation sites is 1. The molecule has 0 bridgehead atoms. The van der Waals surface area contributed by atoms with Crippen molar-refractivity contribution < 1.29 is 4.79 Å². The van der Waals surface area contributed by atoms with Crippen molar-refractivity contribution in [2.75, 3.05) is 5.32 Å². The van der Waals surface area contributed by atoms with Crippen LogP contribution in [0.15, 0.2) is 91.3 Å². The lowest BCUT2D eigenvalue weighted by atomic mass is 10.1. The number of hydrogen-bond donors (Lipinski definition) is 1. The normalized spacial score (nSPS) is 10.8. The van der Waals surface area contributed by atoms with Crippen LogP contribution in [-0.4, -0.2) is 35.9 Å². The van der Waals surface area contributed by atoms with E-state index in [9.17, 15) is 4.79 Å². The first-order chi connectivity index (χ1) is 15.7. The molecule has 0 aliphatic heterocycles. The number of aromatic nitrogens is 6. The molecular formula is C24H19N7O. The molecule has 5 aromatic rings. The number of hydrogen-bond acceptors (Lipinski definition) is 5. The maximum absolute atomic E-state index is 13.4. The van der Waals surface area contributed by atoms with E-state index in [0.717, 1.165) is 28.2 Å². The first kappa shape index (κ1) is 19.4. The summed E-state index contributed by atoms with van der Waals surface area (Å²) in [5.41, 5.74) is 5.20. The van der Waals surface area contributed by atoms with Crippen LogP contribution in [0.2, 0.25) is 0 Å². The average molecular weight is 421 g/mol. The molecule has 2 heterocycles. The average Bonchev–Trinajstić information content (AvgIpc) is 3.52. The van der Waals surface area contributed by atoms with Crippen LogP contribution < -0.4 is 5.32 Å². The fraction of sp³-hybridized carbons (Fsp3) is 0.0417. The Hall–Kier alpha value is -4.59. The monoisotopic (exact) mass is 421 g/mol. The number of nitrogens with one attached hydrogen (secondary N) is 1. The smallest absolute Gasteiger partial charge is 0.274 e. The topological polar surface area (TPSA) is 90.5 Å². The second kappa shape index (κ2) is 8.27. The van der Waals surface area contributed by atoms with Gasteiger partial charge in [0.2, 0.25) is 0 Å². The van der Waals surface area contributed by atoms with Gasteiger partial charge in [-0.25, -0.2) is 9.36 Å². The van der Waals surface area contributed by atoms with E-state index in [1.165, 1.54) is 6.33 Å². The second-order valence-electron chi connectivity index (χ2n) is 7.19. The van der Waals surface area contributed by atoms with Gasteiger partial charge in [0, 0.05) is 11.3 Å². The van der Waals surface area contributed by atoms with Crippen molar-refractivity contribution in [2.24, 2.45) is 0 Å². The number of rotatable bonds is 5. The zero-order valence-electron chi connectivity index (χ0n) is 17.3. The maximum Gasteiger partial charge on any atom is 0.274 e. The second-order valence-corrected chi connectivity index (χ2v) is 7.19. The Bertz CT molecular complexity index is 1360. The molecule has 0 aliphatic carbocycles. The molecule has 8 heteroatoms. The summed E-state index contributed by atoms with van der Waals surface area (Å²) in [6, 6.07) is 26.8. The highest BCUT2D eigenvalue weighted by Gasteiger charge is 2.19. The Balaban J connectivity index is 1.54. The minimum absolute atomic E-state index is 0.263. The molecule has 0 atom stereocenters. The third-order valence-electron chi connectivity index (χ3n) is 5.16. The summed E-state index contributed by atoms with van der Waals surface area (Å²) in [5, 5.41) is 19.1. The van der Waals surface area contributed by atoms with Crippen LogP contribution in [0.25, 0.3) is 22.6 Å². The molecule has 32 heavy (non-hydrogen) atoms. The van der Waals surface area contributed by atoms with Gasteiger partial charge in [-0.15, -0.1) is 5.10 Å². The third kappa shape index (κ3) is 3.65. The van der Waals surface area contributed by atoms with Gasteiger partial charge in [-0.1, -0.05) is 54.6 Å². The SMILES string of the molecule is Cc1c(NC(=O)c2cc(-c3ccccc3)nn2-c2ccccc2)cccc1-n1cnnn1. The Kier molecular flexibility index (Phi) is 5.01. The molecule has 0 fully saturated rings. The van der Waals surface area contributed by atoms with Crippen LogP contribution in [0.4, 0.5) is 5.69 Å². The van der Waals surface area contributed by atoms with Crippen LogP contribution in [0.5, 0.6) is 0 Å². The standard InChI is InChI=1S/C24H19N7O/c1-17-20(13-8-14-22(17)30-16-25-28-29-30)26-24(32)23-15-21(18-9-4-2-5-10-18)27-31(23)19-11-6-3-7-12-19/h2-16H,1H3,(H,26,32). The Morgan fingerprint density at radius 1 is 0.906 bits per heavy atom. The van der Waals surface area contributed by atoms with Gasteiger partial charge < -0.3 is 5.32 Å². The number of nitrogens with zero attached hydrogens (tertiary/aromatic N) is 6. The summed E-state index contributed by atoms with van der Waals surface area (Å²) < 4.78 is 3.23. The lowest BCUT2D eigenvalue weighted by Crippen LogP contribution is -2.18. The summed E-state index contributed by atoms with van der Waals surface area (Å²) in [6.07, 6.45) is 1.52. The van der Waals surface area contributed by atoms with Gasteiger partial charge in [-0.2, -0.15) is 5.10 Å². The van der Waals surface area contributed by atoms with Gasteiger partial charge in [0.15, 0.2) is 0 Å². The molecule has 156 valence electrons. The molecule has 8 nitrogen and oxygen atoms in total. The fourth-order valence-corrected chi connectivity index (χ4v) is 3.52. The number of tetrazole rings is 1. The Morgan fingerprint density at radius 3 is 2.38 bits per heavy atom. The highest BCUT2D eigenvalue weighted by molar-refractivity contribution is 6.04. The van der Waals surface area contributed by atoms with Crippen molar-refractivity contribution in [3.05, 3.63) is 103 Å². The predicted molar refractivity (Wildman–Crippen MR) is 121 cm³/mol. The molecule has 0 unspecified atom stereocenters. The van der Waals surface area contributed by atoms with E-state index in [4.69, 9.17) is 5.10 Å². The molecule has 1 N–H and O–H groups in total. The van der Waals surface area contributed by atoms with E-state index < -0.39 is 0 Å². The van der Waals surface area contributed by atoms with Crippen LogP contribution in [0.1, 0.15) is 16.1 Å². The summed E-state index contributed by atoms with van der Waals surface area (Å²) in [7, 11) is 0. The Morgan fingerprint density at radius 2 is 1.66 bits per heavy atom. The van der Waals surface area contributed by atoms with Gasteiger partial charge in [0.1, 0.15) is 12.0 Å². The van der Waals surface area contributed by atoms with Gasteiger partial charge in [-0.05, 0) is 53.2 Å². The van der Waals surface area contributed by atoms with Crippen LogP contribution in [0.3, 0.4) is 0 Å². The maximum atomic E-state index is 13.4. The number of amides is 1. The van der Waals surface area contributed by atoms with Crippen molar-refractivity contribution in [2.45, 2.75) is 6.92 Å². The van der Waals surface area contributed by atoms with E-state index in [1.54, 1.807) is 15.4 Å². The lowest BCUT2D eigenvalue weighted by Gasteiger charge is -2.12. The predicted octanol–water partition coefficient (Wildman–Crippen LogP) is 4.08. The number of carbonyl (C=O) groups is 1. The molecular weight excluding hydrogens is 402 g/mol. The summed E-state index contributed by atoms with van der Waals surface area (Å²) in [5.74, 6) is -0.263. The molecule has 2 aromatic heterocycles. The summed E-state index contributed by atoms with van der Waals surface area (Å²) >= 11 is 0. The van der Waals surface area contributed by atoms with E-state index in [2.05, 4.69) is 20.8 Å². The molecule has 3 aromatic carbocycles. The highest BCUT2D eigenvalue weighted by Crippen LogP contribution is 2.25. The van der Waals surface area contributed by atoms with Crippen molar-refractivity contribution in [3.8, 4) is 22.6 Å². The zero-order valence-corrected chi connectivity index (χ0v) is 17.3. The molecule has 0 aliphatic rings. The molecule has 5 rings (SSSR count). The number of carbonyl (C=O) groups excluding carboxylic acids is 1. The van der Waals surface area contributed by atoms with Gasteiger partial charge in [0.25, 0.3) is 5.91 Å². The minimum atomic E-state index is -0.263. The van der Waals surface area contributed by atoms with E-state index in [-0.39, 0.29) is 5.91 Å². The first-order valence-corrected chi connectivity index (χ1v) is 10.1. The van der Waals surface area contributed by atoms with E-state index in [1.807, 2.05) is 85.8 Å². The molecule has 0 saturated carbocycles. The van der Waals surface area contributed by atoms with Crippen LogP contribution in [0, 0.1) is 6.92 Å². The summed E-state index contributed by atoms with van der Waals surface area (Å²) in [4.78, 5) is 13.4.